The molecule has 5 rings (SSSR count). The highest BCUT2D eigenvalue weighted by Crippen LogP contribution is 2.48. The van der Waals surface area contributed by atoms with E-state index in [0.717, 1.165) is 5.56 Å². The Balaban J connectivity index is 1.35. The molecule has 0 aliphatic carbocycles. The van der Waals surface area contributed by atoms with Gasteiger partial charge in [-0.3, -0.25) is 9.89 Å². The number of nitrogens with zero attached hydrogens (tertiary/aromatic N) is 2. The number of carbonyl (C=O) groups excluding carboxylic acids is 1. The first-order chi connectivity index (χ1) is 19.3. The number of hydrogen-bond acceptors (Lipinski definition) is 5. The zero-order valence-electron chi connectivity index (χ0n) is 22.1. The number of carbonyl (C=O) groups is 1. The Kier molecular flexibility index (Phi) is 7.86. The van der Waals surface area contributed by atoms with E-state index < -0.39 is 47.6 Å². The average molecular weight is 582 g/mol. The van der Waals surface area contributed by atoms with Gasteiger partial charge in [0.05, 0.1) is 35.3 Å². The Morgan fingerprint density at radius 3 is 2.34 bits per heavy atom. The Labute approximate surface area is 232 Å². The van der Waals surface area contributed by atoms with Crippen LogP contribution >= 0.6 is 0 Å². The number of aromatic amines is 1. The standard InChI is InChI=1S/C28H29F6N5O2/c1-16-36-24(39-38-16)9-10-35-25(40)21-14-26(18-5-3-2-4-6-18)23(8-7-22(21)37-26)41-15-17-11-19(27(29,30)31)13-20(12-17)28(32,33)34/h2-6,11-13,21-23,37H,7-10,14-15H2,1H3,(H,35,40)(H,36,38,39). The molecule has 4 atom stereocenters. The van der Waals surface area contributed by atoms with Crippen LogP contribution in [-0.4, -0.2) is 39.8 Å². The van der Waals surface area contributed by atoms with Gasteiger partial charge in [0.2, 0.25) is 5.91 Å². The Morgan fingerprint density at radius 1 is 1.05 bits per heavy atom. The van der Waals surface area contributed by atoms with Crippen molar-refractivity contribution in [2.75, 3.05) is 6.54 Å². The van der Waals surface area contributed by atoms with Gasteiger partial charge in [0.25, 0.3) is 0 Å². The highest BCUT2D eigenvalue weighted by atomic mass is 19.4. The fourth-order valence-electron chi connectivity index (χ4n) is 5.91. The van der Waals surface area contributed by atoms with E-state index in [1.807, 2.05) is 30.3 Å². The van der Waals surface area contributed by atoms with Gasteiger partial charge in [-0.1, -0.05) is 30.3 Å². The van der Waals surface area contributed by atoms with E-state index in [9.17, 15) is 31.1 Å². The number of piperidine rings is 1. The summed E-state index contributed by atoms with van der Waals surface area (Å²) in [6, 6.07) is 10.6. The van der Waals surface area contributed by atoms with E-state index in [4.69, 9.17) is 4.74 Å². The molecule has 2 aromatic carbocycles. The molecule has 13 heteroatoms. The number of aromatic nitrogens is 3. The van der Waals surface area contributed by atoms with Crippen LogP contribution in [0.25, 0.3) is 0 Å². The van der Waals surface area contributed by atoms with Crippen LogP contribution in [0, 0.1) is 12.8 Å². The average Bonchev–Trinajstić information content (AvgIpc) is 3.48. The van der Waals surface area contributed by atoms with Gasteiger partial charge < -0.3 is 15.4 Å². The van der Waals surface area contributed by atoms with Crippen LogP contribution in [-0.2, 0) is 40.5 Å². The fraction of sp³-hybridized carbons (Fsp3) is 0.464. The predicted octanol–water partition coefficient (Wildman–Crippen LogP) is 5.06. The normalized spacial score (nSPS) is 24.4. The Hall–Kier alpha value is -3.45. The zero-order valence-corrected chi connectivity index (χ0v) is 22.1. The van der Waals surface area contributed by atoms with Crippen LogP contribution in [0.1, 0.15) is 53.2 Å². The van der Waals surface area contributed by atoms with Crippen LogP contribution in [0.3, 0.4) is 0 Å². The molecule has 3 N–H and O–H groups in total. The number of nitrogens with one attached hydrogen (secondary N) is 3. The second kappa shape index (κ2) is 11.1. The molecular formula is C28H29F6N5O2. The van der Waals surface area contributed by atoms with Crippen molar-refractivity contribution in [2.45, 2.75) is 69.3 Å². The molecule has 3 heterocycles. The monoisotopic (exact) mass is 581 g/mol. The van der Waals surface area contributed by atoms with Gasteiger partial charge in [-0.25, -0.2) is 4.98 Å². The molecule has 2 fully saturated rings. The first-order valence-corrected chi connectivity index (χ1v) is 13.2. The van der Waals surface area contributed by atoms with Crippen LogP contribution in [0.15, 0.2) is 48.5 Å². The maximum absolute atomic E-state index is 13.4. The van der Waals surface area contributed by atoms with E-state index in [1.165, 1.54) is 0 Å². The third-order valence-corrected chi connectivity index (χ3v) is 7.78. The summed E-state index contributed by atoms with van der Waals surface area (Å²) in [5, 5.41) is 13.3. The summed E-state index contributed by atoms with van der Waals surface area (Å²) in [4.78, 5) is 17.5. The molecule has 1 amide bonds. The maximum Gasteiger partial charge on any atom is 0.416 e. The number of amides is 1. The van der Waals surface area contributed by atoms with Crippen molar-refractivity contribution in [1.29, 1.82) is 0 Å². The third-order valence-electron chi connectivity index (χ3n) is 7.78. The third kappa shape index (κ3) is 6.25. The summed E-state index contributed by atoms with van der Waals surface area (Å²) >= 11 is 0. The molecule has 2 aliphatic rings. The number of fused-ring (bicyclic) bond motifs is 2. The van der Waals surface area contributed by atoms with Crippen molar-refractivity contribution in [2.24, 2.45) is 5.92 Å². The molecule has 41 heavy (non-hydrogen) atoms. The molecule has 4 unspecified atom stereocenters. The highest BCUT2D eigenvalue weighted by molar-refractivity contribution is 5.80. The fourth-order valence-corrected chi connectivity index (χ4v) is 5.91. The van der Waals surface area contributed by atoms with Gasteiger partial charge in [0.1, 0.15) is 5.82 Å². The van der Waals surface area contributed by atoms with E-state index in [0.29, 0.717) is 56.0 Å². The lowest BCUT2D eigenvalue weighted by Gasteiger charge is -2.42. The van der Waals surface area contributed by atoms with Gasteiger partial charge in [-0.2, -0.15) is 31.4 Å². The summed E-state index contributed by atoms with van der Waals surface area (Å²) in [5.74, 6) is 0.697. The minimum Gasteiger partial charge on any atom is -0.371 e. The van der Waals surface area contributed by atoms with Gasteiger partial charge in [-0.15, -0.1) is 0 Å². The van der Waals surface area contributed by atoms with E-state index >= 15 is 0 Å². The minimum absolute atomic E-state index is 0.102. The quantitative estimate of drug-likeness (QED) is 0.324. The lowest BCUT2D eigenvalue weighted by atomic mass is 9.80. The number of benzene rings is 2. The minimum atomic E-state index is -4.95. The molecule has 1 aromatic heterocycles. The van der Waals surface area contributed by atoms with E-state index in [1.54, 1.807) is 6.92 Å². The molecule has 2 aliphatic heterocycles. The number of H-pyrrole nitrogens is 1. The molecule has 0 spiro atoms. The molecule has 2 saturated heterocycles. The van der Waals surface area contributed by atoms with Gasteiger partial charge >= 0.3 is 12.4 Å². The Morgan fingerprint density at radius 2 is 1.73 bits per heavy atom. The number of hydrogen-bond donors (Lipinski definition) is 3. The lowest BCUT2D eigenvalue weighted by molar-refractivity contribution is -0.143. The zero-order chi connectivity index (χ0) is 29.4. The molecule has 220 valence electrons. The number of alkyl halides is 6. The predicted molar refractivity (Wildman–Crippen MR) is 135 cm³/mol. The topological polar surface area (TPSA) is 91.9 Å². The van der Waals surface area contributed by atoms with Crippen molar-refractivity contribution in [3.63, 3.8) is 0 Å². The van der Waals surface area contributed by atoms with Gasteiger partial charge in [0, 0.05) is 19.0 Å². The molecule has 3 aromatic rings. The van der Waals surface area contributed by atoms with Crippen LogP contribution in [0.4, 0.5) is 26.3 Å². The molecule has 2 bridgehead atoms. The summed E-state index contributed by atoms with van der Waals surface area (Å²) < 4.78 is 86.4. The Bertz CT molecular complexity index is 1340. The molecule has 0 radical (unpaired) electrons. The largest absolute Gasteiger partial charge is 0.416 e. The van der Waals surface area contributed by atoms with Crippen molar-refractivity contribution in [1.82, 2.24) is 25.8 Å². The van der Waals surface area contributed by atoms with Crippen LogP contribution < -0.4 is 10.6 Å². The molecular weight excluding hydrogens is 552 g/mol. The van der Waals surface area contributed by atoms with Crippen LogP contribution in [0.2, 0.25) is 0 Å². The summed E-state index contributed by atoms with van der Waals surface area (Å²) in [6.45, 7) is 1.67. The summed E-state index contributed by atoms with van der Waals surface area (Å²) in [7, 11) is 0. The SMILES string of the molecule is Cc1nc(CCNC(=O)C2CC3(c4ccccc4)NC2CCC3OCc2cc(C(F)(F)F)cc(C(F)(F)F)c2)n[nH]1. The molecule has 7 nitrogen and oxygen atoms in total. The summed E-state index contributed by atoms with van der Waals surface area (Å²) in [5.41, 5.74) is -3.01. The van der Waals surface area contributed by atoms with E-state index in [-0.39, 0.29) is 23.6 Å². The van der Waals surface area contributed by atoms with Gasteiger partial charge in [-0.05, 0) is 55.5 Å². The second-order valence-corrected chi connectivity index (χ2v) is 10.6. The number of aryl methyl sites for hydroxylation is 1. The second-order valence-electron chi connectivity index (χ2n) is 10.6. The first-order valence-electron chi connectivity index (χ1n) is 13.2. The van der Waals surface area contributed by atoms with Crippen LogP contribution in [0.5, 0.6) is 0 Å². The maximum atomic E-state index is 13.4. The number of ether oxygens (including phenoxy) is 1. The van der Waals surface area contributed by atoms with Crippen molar-refractivity contribution in [3.05, 3.63) is 82.4 Å². The highest BCUT2D eigenvalue weighted by Gasteiger charge is 2.56. The van der Waals surface area contributed by atoms with Crippen molar-refractivity contribution < 1.29 is 35.9 Å². The smallest absolute Gasteiger partial charge is 0.371 e. The molecule has 0 saturated carbocycles. The van der Waals surface area contributed by atoms with E-state index in [2.05, 4.69) is 25.8 Å². The van der Waals surface area contributed by atoms with Gasteiger partial charge in [0.15, 0.2) is 5.82 Å². The summed E-state index contributed by atoms with van der Waals surface area (Å²) in [6.07, 6.45) is -8.66. The van der Waals surface area contributed by atoms with Crippen molar-refractivity contribution >= 4 is 5.91 Å². The first kappa shape index (κ1) is 29.1. The lowest BCUT2D eigenvalue weighted by Crippen LogP contribution is -2.54. The van der Waals surface area contributed by atoms with Crippen molar-refractivity contribution in [3.8, 4) is 0 Å². The number of halogens is 6. The number of rotatable bonds is 8.